The highest BCUT2D eigenvalue weighted by atomic mass is 16.2. The molecular weight excluding hydrogens is 182 g/mol. The Morgan fingerprint density at radius 3 is 2.43 bits per heavy atom. The van der Waals surface area contributed by atoms with E-state index in [4.69, 9.17) is 11.5 Å². The number of nitrogens with one attached hydrogen (secondary N) is 1. The molecule has 5 N–H and O–H groups in total. The third-order valence-corrected chi connectivity index (χ3v) is 1.91. The average Bonchev–Trinajstić information content (AvgIpc) is 2.12. The smallest absolute Gasteiger partial charge is 0.239 e. The zero-order valence-corrected chi connectivity index (χ0v) is 8.58. The molecule has 0 spiro atoms. The minimum Gasteiger partial charge on any atom is -0.368 e. The molecule has 0 radical (unpaired) electrons. The first-order chi connectivity index (χ1) is 6.57. The van der Waals surface area contributed by atoms with Crippen LogP contribution >= 0.6 is 0 Å². The third-order valence-electron chi connectivity index (χ3n) is 1.91. The van der Waals surface area contributed by atoms with E-state index in [9.17, 15) is 9.59 Å². The maximum atomic E-state index is 11.2. The monoisotopic (exact) mass is 201 g/mol. The van der Waals surface area contributed by atoms with Crippen LogP contribution in [0.15, 0.2) is 0 Å². The van der Waals surface area contributed by atoms with E-state index in [0.717, 1.165) is 19.3 Å². The van der Waals surface area contributed by atoms with E-state index in [2.05, 4.69) is 5.32 Å². The van der Waals surface area contributed by atoms with Gasteiger partial charge in [-0.15, -0.1) is 0 Å². The van der Waals surface area contributed by atoms with Crippen LogP contribution in [0.2, 0.25) is 0 Å². The van der Waals surface area contributed by atoms with Crippen LogP contribution in [-0.4, -0.2) is 24.4 Å². The molecule has 82 valence electrons. The van der Waals surface area contributed by atoms with Gasteiger partial charge in [0.25, 0.3) is 0 Å². The van der Waals surface area contributed by atoms with Crippen molar-refractivity contribution >= 4 is 11.8 Å². The van der Waals surface area contributed by atoms with Crippen molar-refractivity contribution in [1.82, 2.24) is 5.32 Å². The lowest BCUT2D eigenvalue weighted by molar-refractivity contribution is -0.127. The van der Waals surface area contributed by atoms with E-state index in [1.807, 2.05) is 0 Å². The van der Waals surface area contributed by atoms with Crippen molar-refractivity contribution in [2.24, 2.45) is 11.5 Å². The first-order valence-corrected chi connectivity index (χ1v) is 4.86. The molecule has 0 aromatic heterocycles. The SMILES string of the molecule is C[C@H](NC(=O)CCCCCN)C(N)=O. The topological polar surface area (TPSA) is 98.2 Å². The fraction of sp³-hybridized carbons (Fsp3) is 0.778. The van der Waals surface area contributed by atoms with Crippen LogP contribution < -0.4 is 16.8 Å². The number of unbranched alkanes of at least 4 members (excludes halogenated alkanes) is 2. The Morgan fingerprint density at radius 2 is 1.93 bits per heavy atom. The van der Waals surface area contributed by atoms with Crippen molar-refractivity contribution < 1.29 is 9.59 Å². The van der Waals surface area contributed by atoms with Crippen LogP contribution in [0.3, 0.4) is 0 Å². The highest BCUT2D eigenvalue weighted by molar-refractivity contribution is 5.86. The molecule has 0 aliphatic carbocycles. The van der Waals surface area contributed by atoms with Crippen LogP contribution in [0.4, 0.5) is 0 Å². The Labute approximate surface area is 84.2 Å². The summed E-state index contributed by atoms with van der Waals surface area (Å²) in [5.41, 5.74) is 10.3. The Balaban J connectivity index is 3.50. The maximum absolute atomic E-state index is 11.2. The molecule has 0 saturated heterocycles. The van der Waals surface area contributed by atoms with Gasteiger partial charge in [0.1, 0.15) is 6.04 Å². The summed E-state index contributed by atoms with van der Waals surface area (Å²) in [4.78, 5) is 21.8. The first-order valence-electron chi connectivity index (χ1n) is 4.86. The standard InChI is InChI=1S/C9H19N3O2/c1-7(9(11)14)12-8(13)5-3-2-4-6-10/h7H,2-6,10H2,1H3,(H2,11,14)(H,12,13)/t7-/m0/s1. The summed E-state index contributed by atoms with van der Waals surface area (Å²) in [6, 6.07) is -0.586. The van der Waals surface area contributed by atoms with Gasteiger partial charge in [0.15, 0.2) is 0 Å². The molecule has 0 fully saturated rings. The largest absolute Gasteiger partial charge is 0.368 e. The van der Waals surface area contributed by atoms with Crippen LogP contribution in [0.1, 0.15) is 32.6 Å². The Kier molecular flexibility index (Phi) is 6.74. The highest BCUT2D eigenvalue weighted by Gasteiger charge is 2.10. The van der Waals surface area contributed by atoms with Crippen molar-refractivity contribution in [2.45, 2.75) is 38.6 Å². The van der Waals surface area contributed by atoms with E-state index in [0.29, 0.717) is 13.0 Å². The van der Waals surface area contributed by atoms with Crippen molar-refractivity contribution in [3.8, 4) is 0 Å². The number of primary amides is 1. The zero-order valence-electron chi connectivity index (χ0n) is 8.58. The third kappa shape index (κ3) is 6.42. The van der Waals surface area contributed by atoms with Crippen LogP contribution in [0, 0.1) is 0 Å². The van der Waals surface area contributed by atoms with E-state index in [1.165, 1.54) is 0 Å². The summed E-state index contributed by atoms with van der Waals surface area (Å²) in [6.07, 6.45) is 3.10. The van der Waals surface area contributed by atoms with Gasteiger partial charge in [-0.2, -0.15) is 0 Å². The number of nitrogens with two attached hydrogens (primary N) is 2. The molecule has 0 saturated carbocycles. The number of carbonyl (C=O) groups excluding carboxylic acids is 2. The quantitative estimate of drug-likeness (QED) is 0.484. The second-order valence-electron chi connectivity index (χ2n) is 3.29. The number of hydrogen-bond donors (Lipinski definition) is 3. The summed E-state index contributed by atoms with van der Waals surface area (Å²) in [6.45, 7) is 2.22. The summed E-state index contributed by atoms with van der Waals surface area (Å²) in [5.74, 6) is -0.645. The molecule has 5 nitrogen and oxygen atoms in total. The van der Waals surface area contributed by atoms with Crippen molar-refractivity contribution in [3.05, 3.63) is 0 Å². The van der Waals surface area contributed by atoms with Crippen molar-refractivity contribution in [3.63, 3.8) is 0 Å². The van der Waals surface area contributed by atoms with E-state index < -0.39 is 11.9 Å². The fourth-order valence-corrected chi connectivity index (χ4v) is 0.991. The number of carbonyl (C=O) groups is 2. The zero-order chi connectivity index (χ0) is 11.0. The fourth-order valence-electron chi connectivity index (χ4n) is 0.991. The summed E-state index contributed by atoms with van der Waals surface area (Å²) in [5, 5.41) is 2.51. The molecule has 0 heterocycles. The lowest BCUT2D eigenvalue weighted by Crippen LogP contribution is -2.42. The van der Waals surface area contributed by atoms with E-state index in [1.54, 1.807) is 6.92 Å². The van der Waals surface area contributed by atoms with Crippen LogP contribution in [0.5, 0.6) is 0 Å². The normalized spacial score (nSPS) is 12.1. The van der Waals surface area contributed by atoms with Gasteiger partial charge >= 0.3 is 0 Å². The average molecular weight is 201 g/mol. The van der Waals surface area contributed by atoms with Gasteiger partial charge < -0.3 is 16.8 Å². The Hall–Kier alpha value is -1.10. The minimum atomic E-state index is -0.586. The number of hydrogen-bond acceptors (Lipinski definition) is 3. The van der Waals surface area contributed by atoms with Crippen molar-refractivity contribution in [2.75, 3.05) is 6.54 Å². The lowest BCUT2D eigenvalue weighted by Gasteiger charge is -2.09. The molecule has 2 amide bonds. The Morgan fingerprint density at radius 1 is 1.29 bits per heavy atom. The van der Waals surface area contributed by atoms with E-state index >= 15 is 0 Å². The Bertz CT molecular complexity index is 194. The highest BCUT2D eigenvalue weighted by Crippen LogP contribution is 1.98. The van der Waals surface area contributed by atoms with Gasteiger partial charge in [-0.1, -0.05) is 6.42 Å². The molecule has 0 unspecified atom stereocenters. The molecule has 0 bridgehead atoms. The molecule has 0 aliphatic rings. The van der Waals surface area contributed by atoms with Gasteiger partial charge in [0, 0.05) is 6.42 Å². The molecular formula is C9H19N3O2. The molecule has 0 aromatic carbocycles. The van der Waals surface area contributed by atoms with Crippen LogP contribution in [0.25, 0.3) is 0 Å². The van der Waals surface area contributed by atoms with Gasteiger partial charge in [0.2, 0.25) is 11.8 Å². The molecule has 1 atom stereocenters. The molecule has 14 heavy (non-hydrogen) atoms. The molecule has 5 heteroatoms. The molecule has 0 aliphatic heterocycles. The summed E-state index contributed by atoms with van der Waals surface area (Å²) >= 11 is 0. The predicted octanol–water partition coefficient (Wildman–Crippen LogP) is -0.504. The predicted molar refractivity (Wildman–Crippen MR) is 54.3 cm³/mol. The second-order valence-corrected chi connectivity index (χ2v) is 3.29. The first kappa shape index (κ1) is 12.9. The number of rotatable bonds is 7. The van der Waals surface area contributed by atoms with Crippen molar-refractivity contribution in [1.29, 1.82) is 0 Å². The van der Waals surface area contributed by atoms with E-state index in [-0.39, 0.29) is 5.91 Å². The molecule has 0 aromatic rings. The van der Waals surface area contributed by atoms with Gasteiger partial charge in [0.05, 0.1) is 0 Å². The molecule has 0 rings (SSSR count). The number of amides is 2. The maximum Gasteiger partial charge on any atom is 0.239 e. The van der Waals surface area contributed by atoms with Crippen LogP contribution in [-0.2, 0) is 9.59 Å². The lowest BCUT2D eigenvalue weighted by atomic mass is 10.2. The minimum absolute atomic E-state index is 0.131. The van der Waals surface area contributed by atoms with Gasteiger partial charge in [-0.05, 0) is 26.3 Å². The van der Waals surface area contributed by atoms with Gasteiger partial charge in [-0.25, -0.2) is 0 Å². The summed E-state index contributed by atoms with van der Waals surface area (Å²) < 4.78 is 0. The van der Waals surface area contributed by atoms with Gasteiger partial charge in [-0.3, -0.25) is 9.59 Å². The summed E-state index contributed by atoms with van der Waals surface area (Å²) in [7, 11) is 0. The second kappa shape index (κ2) is 7.32.